The van der Waals surface area contributed by atoms with Crippen molar-refractivity contribution in [3.05, 3.63) is 29.8 Å². The van der Waals surface area contributed by atoms with Crippen LogP contribution in [0.4, 0.5) is 5.69 Å². The third-order valence-corrected chi connectivity index (χ3v) is 7.00. The van der Waals surface area contributed by atoms with Crippen molar-refractivity contribution in [1.29, 1.82) is 0 Å². The Morgan fingerprint density at radius 2 is 1.86 bits per heavy atom. The number of Topliss-reactive ketones (excluding diaryl/α,β-unsaturated/α-hetero) is 1. The first-order valence-electron chi connectivity index (χ1n) is 11.3. The van der Waals surface area contributed by atoms with E-state index in [4.69, 9.17) is 0 Å². The molecule has 0 spiro atoms. The lowest BCUT2D eigenvalue weighted by atomic mass is 9.80. The fourth-order valence-electron chi connectivity index (χ4n) is 5.37. The number of hydrogen-bond donors (Lipinski definition) is 1. The molecule has 0 radical (unpaired) electrons. The van der Waals surface area contributed by atoms with Crippen molar-refractivity contribution in [2.75, 3.05) is 11.9 Å². The monoisotopic (exact) mass is 396 g/mol. The maximum absolute atomic E-state index is 13.2. The molecule has 2 amide bonds. The van der Waals surface area contributed by atoms with Gasteiger partial charge in [0, 0.05) is 43.0 Å². The summed E-state index contributed by atoms with van der Waals surface area (Å²) in [5, 5.41) is 2.98. The smallest absolute Gasteiger partial charge is 0.227 e. The Balaban J connectivity index is 1.41. The van der Waals surface area contributed by atoms with Crippen molar-refractivity contribution in [2.24, 2.45) is 11.8 Å². The number of benzene rings is 1. The second-order valence-electron chi connectivity index (χ2n) is 8.91. The molecule has 1 aromatic carbocycles. The molecule has 2 fully saturated rings. The van der Waals surface area contributed by atoms with E-state index >= 15 is 0 Å². The van der Waals surface area contributed by atoms with E-state index in [0.717, 1.165) is 62.7 Å². The summed E-state index contributed by atoms with van der Waals surface area (Å²) in [6.07, 6.45) is 9.52. The molecule has 1 N–H and O–H groups in total. The van der Waals surface area contributed by atoms with E-state index in [1.165, 1.54) is 0 Å². The summed E-state index contributed by atoms with van der Waals surface area (Å²) in [5.41, 5.74) is 2.04. The van der Waals surface area contributed by atoms with Gasteiger partial charge in [-0.05, 0) is 50.2 Å². The van der Waals surface area contributed by atoms with Gasteiger partial charge in [-0.2, -0.15) is 0 Å². The second-order valence-corrected chi connectivity index (χ2v) is 8.91. The number of rotatable bonds is 4. The average Bonchev–Trinajstić information content (AvgIpc) is 2.98. The highest BCUT2D eigenvalue weighted by Crippen LogP contribution is 2.33. The normalized spacial score (nSPS) is 27.7. The summed E-state index contributed by atoms with van der Waals surface area (Å²) >= 11 is 0. The molecule has 1 saturated heterocycles. The second kappa shape index (κ2) is 9.10. The van der Waals surface area contributed by atoms with Gasteiger partial charge in [0.2, 0.25) is 11.8 Å². The molecule has 4 rings (SSSR count). The number of nitrogens with one attached hydrogen (secondary N) is 1. The highest BCUT2D eigenvalue weighted by molar-refractivity contribution is 5.96. The molecule has 3 aliphatic rings. The molecule has 2 aliphatic heterocycles. The topological polar surface area (TPSA) is 66.5 Å². The summed E-state index contributed by atoms with van der Waals surface area (Å²) in [6.45, 7) is 0.757. The molecule has 1 aliphatic carbocycles. The van der Waals surface area contributed by atoms with Crippen molar-refractivity contribution >= 4 is 23.3 Å². The van der Waals surface area contributed by atoms with Crippen molar-refractivity contribution in [2.45, 2.75) is 76.7 Å². The molecule has 0 bridgehead atoms. The van der Waals surface area contributed by atoms with Crippen LogP contribution in [0, 0.1) is 11.8 Å². The van der Waals surface area contributed by atoms with Gasteiger partial charge >= 0.3 is 0 Å². The van der Waals surface area contributed by atoms with Crippen LogP contribution in [0.25, 0.3) is 0 Å². The summed E-state index contributed by atoms with van der Waals surface area (Å²) in [6, 6.07) is 7.95. The first kappa shape index (κ1) is 20.1. The van der Waals surface area contributed by atoms with Crippen molar-refractivity contribution in [3.8, 4) is 0 Å². The van der Waals surface area contributed by atoms with E-state index in [2.05, 4.69) is 5.32 Å². The standard InChI is InChI=1S/C24H32N2O3/c27-22-12-6-4-9-19(22)21-11-2-1-7-15-26(21)23(28)14-13-18-16-17-8-3-5-10-20(17)25-24(18)29/h3,5,8,10,18-19,21H,1-2,4,6-7,9,11-16H2,(H,25,29)/t18-,19-,21+/m0/s1. The first-order valence-corrected chi connectivity index (χ1v) is 11.3. The predicted octanol–water partition coefficient (Wildman–Crippen LogP) is 4.11. The molecule has 3 atom stereocenters. The van der Waals surface area contributed by atoms with Gasteiger partial charge in [0.15, 0.2) is 0 Å². The highest BCUT2D eigenvalue weighted by atomic mass is 16.2. The van der Waals surface area contributed by atoms with E-state index in [0.29, 0.717) is 31.5 Å². The Hall–Kier alpha value is -2.17. The SMILES string of the molecule is O=C1Nc2ccccc2C[C@@H]1CCC(=O)N1CCCCC[C@@H]1[C@@H]1CCCCC1=O. The van der Waals surface area contributed by atoms with Crippen LogP contribution >= 0.6 is 0 Å². The van der Waals surface area contributed by atoms with E-state index in [1.54, 1.807) is 0 Å². The molecule has 0 unspecified atom stereocenters. The molecule has 5 nitrogen and oxygen atoms in total. The molecule has 29 heavy (non-hydrogen) atoms. The molecule has 156 valence electrons. The highest BCUT2D eigenvalue weighted by Gasteiger charge is 2.37. The van der Waals surface area contributed by atoms with E-state index in [-0.39, 0.29) is 29.7 Å². The van der Waals surface area contributed by atoms with Gasteiger partial charge in [0.1, 0.15) is 5.78 Å². The minimum atomic E-state index is -0.157. The van der Waals surface area contributed by atoms with Crippen LogP contribution in [-0.4, -0.2) is 35.1 Å². The lowest BCUT2D eigenvalue weighted by Gasteiger charge is -2.37. The fraction of sp³-hybridized carbons (Fsp3) is 0.625. The van der Waals surface area contributed by atoms with Crippen molar-refractivity contribution in [1.82, 2.24) is 4.90 Å². The third kappa shape index (κ3) is 4.54. The number of likely N-dealkylation sites (tertiary alicyclic amines) is 1. The molecule has 0 aromatic heterocycles. The van der Waals surface area contributed by atoms with Crippen molar-refractivity contribution in [3.63, 3.8) is 0 Å². The van der Waals surface area contributed by atoms with Crippen LogP contribution in [0.5, 0.6) is 0 Å². The number of nitrogens with zero attached hydrogens (tertiary/aromatic N) is 1. The Morgan fingerprint density at radius 3 is 2.72 bits per heavy atom. The van der Waals surface area contributed by atoms with E-state index in [1.807, 2.05) is 29.2 Å². The van der Waals surface area contributed by atoms with Gasteiger partial charge in [-0.3, -0.25) is 14.4 Å². The summed E-state index contributed by atoms with van der Waals surface area (Å²) < 4.78 is 0. The van der Waals surface area contributed by atoms with Gasteiger partial charge in [-0.15, -0.1) is 0 Å². The van der Waals surface area contributed by atoms with Crippen molar-refractivity contribution < 1.29 is 14.4 Å². The number of carbonyl (C=O) groups excluding carboxylic acids is 3. The molecule has 1 saturated carbocycles. The van der Waals surface area contributed by atoms with Gasteiger partial charge in [0.25, 0.3) is 0 Å². The first-order chi connectivity index (χ1) is 14.1. The average molecular weight is 397 g/mol. The minimum absolute atomic E-state index is 0.0198. The van der Waals surface area contributed by atoms with Gasteiger partial charge in [-0.1, -0.05) is 37.5 Å². The number of para-hydroxylation sites is 1. The van der Waals surface area contributed by atoms with Crippen LogP contribution < -0.4 is 5.32 Å². The Labute approximate surface area is 173 Å². The maximum atomic E-state index is 13.2. The molecule has 5 heteroatoms. The number of hydrogen-bond acceptors (Lipinski definition) is 3. The van der Waals surface area contributed by atoms with Gasteiger partial charge in [-0.25, -0.2) is 0 Å². The van der Waals surface area contributed by atoms with Crippen LogP contribution in [0.15, 0.2) is 24.3 Å². The maximum Gasteiger partial charge on any atom is 0.227 e. The zero-order chi connectivity index (χ0) is 20.2. The number of fused-ring (bicyclic) bond motifs is 1. The molecule has 1 aromatic rings. The van der Waals surface area contributed by atoms with Crippen LogP contribution in [0.3, 0.4) is 0 Å². The lowest BCUT2D eigenvalue weighted by Crippen LogP contribution is -2.47. The summed E-state index contributed by atoms with van der Waals surface area (Å²) in [4.78, 5) is 40.2. The number of ketones is 1. The Morgan fingerprint density at radius 1 is 1.03 bits per heavy atom. The van der Waals surface area contributed by atoms with E-state index in [9.17, 15) is 14.4 Å². The largest absolute Gasteiger partial charge is 0.339 e. The Bertz CT molecular complexity index is 775. The fourth-order valence-corrected chi connectivity index (χ4v) is 5.37. The molecular formula is C24H32N2O3. The minimum Gasteiger partial charge on any atom is -0.339 e. The van der Waals surface area contributed by atoms with Gasteiger partial charge in [0.05, 0.1) is 0 Å². The summed E-state index contributed by atoms with van der Waals surface area (Å²) in [5.74, 6) is 0.365. The van der Waals surface area contributed by atoms with Crippen LogP contribution in [0.1, 0.15) is 69.8 Å². The van der Waals surface area contributed by atoms with Crippen LogP contribution in [-0.2, 0) is 20.8 Å². The van der Waals surface area contributed by atoms with Crippen LogP contribution in [0.2, 0.25) is 0 Å². The Kier molecular flexibility index (Phi) is 6.31. The zero-order valence-corrected chi connectivity index (χ0v) is 17.2. The number of amides is 2. The van der Waals surface area contributed by atoms with E-state index < -0.39 is 0 Å². The third-order valence-electron chi connectivity index (χ3n) is 7.00. The van der Waals surface area contributed by atoms with Gasteiger partial charge < -0.3 is 10.2 Å². The molecule has 2 heterocycles. The summed E-state index contributed by atoms with van der Waals surface area (Å²) in [7, 11) is 0. The zero-order valence-electron chi connectivity index (χ0n) is 17.2. The molecular weight excluding hydrogens is 364 g/mol. The number of anilines is 1. The quantitative estimate of drug-likeness (QED) is 0.833. The predicted molar refractivity (Wildman–Crippen MR) is 112 cm³/mol. The number of carbonyl (C=O) groups is 3. The lowest BCUT2D eigenvalue weighted by molar-refractivity contribution is -0.138.